The number of nitrogens with one attached hydrogen (secondary N) is 1. The first-order valence-corrected chi connectivity index (χ1v) is 10.5. The molecule has 1 saturated carbocycles. The van der Waals surface area contributed by atoms with Crippen molar-refractivity contribution < 1.29 is 9.59 Å². The highest BCUT2D eigenvalue weighted by Gasteiger charge is 2.39. The topological polar surface area (TPSA) is 55.9 Å². The summed E-state index contributed by atoms with van der Waals surface area (Å²) in [5.74, 6) is 0.800. The third-order valence-corrected chi connectivity index (χ3v) is 6.10. The number of amides is 2. The highest BCUT2D eigenvalue weighted by atomic mass is 16.2. The molecule has 1 unspecified atom stereocenters. The standard InChI is InChI=1S/C20H38N4O2/c1-5-10-24-15-17(13-16-14-18(25)8-9-19(16)24)21-20(26)22(4)11-12-23(6-2)7-3/h16-17,19H,5-15H2,1-4H3,(H,21,26)/t16-,17+,19?/m1/s1. The molecule has 2 amide bonds. The molecule has 1 aliphatic carbocycles. The number of hydrogen-bond donors (Lipinski definition) is 1. The number of piperidine rings is 1. The van der Waals surface area contributed by atoms with Crippen molar-refractivity contribution in [2.24, 2.45) is 5.92 Å². The number of carbonyl (C=O) groups excluding carboxylic acids is 2. The minimum Gasteiger partial charge on any atom is -0.334 e. The summed E-state index contributed by atoms with van der Waals surface area (Å²) < 4.78 is 0. The fourth-order valence-electron chi connectivity index (χ4n) is 4.52. The van der Waals surface area contributed by atoms with Gasteiger partial charge in [-0.3, -0.25) is 9.69 Å². The first kappa shape index (κ1) is 21.2. The van der Waals surface area contributed by atoms with Gasteiger partial charge in [-0.05, 0) is 44.8 Å². The molecular weight excluding hydrogens is 328 g/mol. The highest BCUT2D eigenvalue weighted by molar-refractivity contribution is 5.79. The zero-order valence-corrected chi connectivity index (χ0v) is 17.2. The largest absolute Gasteiger partial charge is 0.334 e. The molecule has 0 radical (unpaired) electrons. The van der Waals surface area contributed by atoms with E-state index in [1.165, 1.54) is 0 Å². The SMILES string of the molecule is CCCN1C[C@@H](NC(=O)N(C)CCN(CC)CC)C[C@@H]2CC(=O)CCC21. The van der Waals surface area contributed by atoms with Crippen molar-refractivity contribution in [3.05, 3.63) is 0 Å². The summed E-state index contributed by atoms with van der Waals surface area (Å²) in [6, 6.07) is 0.692. The Labute approximate surface area is 159 Å². The highest BCUT2D eigenvalue weighted by Crippen LogP contribution is 2.34. The fourth-order valence-corrected chi connectivity index (χ4v) is 4.52. The molecule has 26 heavy (non-hydrogen) atoms. The normalized spacial score (nSPS) is 26.7. The minimum absolute atomic E-state index is 0.0131. The summed E-state index contributed by atoms with van der Waals surface area (Å²) in [6.07, 6.45) is 4.46. The molecule has 150 valence electrons. The number of likely N-dealkylation sites (tertiary alicyclic amines) is 1. The Morgan fingerprint density at radius 2 is 1.96 bits per heavy atom. The fraction of sp³-hybridized carbons (Fsp3) is 0.900. The van der Waals surface area contributed by atoms with Gasteiger partial charge in [-0.2, -0.15) is 0 Å². The molecule has 1 saturated heterocycles. The second kappa shape index (κ2) is 10.3. The van der Waals surface area contributed by atoms with Crippen LogP contribution in [0.5, 0.6) is 0 Å². The van der Waals surface area contributed by atoms with Crippen LogP contribution in [0.15, 0.2) is 0 Å². The first-order chi connectivity index (χ1) is 12.5. The summed E-state index contributed by atoms with van der Waals surface area (Å²) in [5, 5.41) is 3.23. The summed E-state index contributed by atoms with van der Waals surface area (Å²) >= 11 is 0. The van der Waals surface area contributed by atoms with Crippen LogP contribution in [0.2, 0.25) is 0 Å². The lowest BCUT2D eigenvalue weighted by Gasteiger charge is -2.47. The molecule has 1 aliphatic heterocycles. The van der Waals surface area contributed by atoms with Crippen LogP contribution in [0.1, 0.15) is 52.9 Å². The second-order valence-corrected chi connectivity index (χ2v) is 7.93. The van der Waals surface area contributed by atoms with E-state index in [4.69, 9.17) is 0 Å². The number of likely N-dealkylation sites (N-methyl/N-ethyl adjacent to an activating group) is 2. The van der Waals surface area contributed by atoms with Crippen LogP contribution in [0.3, 0.4) is 0 Å². The van der Waals surface area contributed by atoms with Crippen molar-refractivity contribution in [2.45, 2.75) is 65.0 Å². The van der Waals surface area contributed by atoms with Gasteiger partial charge >= 0.3 is 6.03 Å². The van der Waals surface area contributed by atoms with E-state index in [9.17, 15) is 9.59 Å². The van der Waals surface area contributed by atoms with Gasteiger partial charge in [0.25, 0.3) is 0 Å². The van der Waals surface area contributed by atoms with Gasteiger partial charge in [0, 0.05) is 51.6 Å². The lowest BCUT2D eigenvalue weighted by molar-refractivity contribution is -0.124. The number of ketones is 1. The van der Waals surface area contributed by atoms with E-state index in [2.05, 4.69) is 35.9 Å². The molecule has 1 heterocycles. The second-order valence-electron chi connectivity index (χ2n) is 7.93. The van der Waals surface area contributed by atoms with Crippen molar-refractivity contribution >= 4 is 11.8 Å². The van der Waals surface area contributed by atoms with Gasteiger partial charge in [0.2, 0.25) is 0 Å². The molecule has 6 heteroatoms. The number of Topliss-reactive ketones (excluding diaryl/α,β-unsaturated/α-hetero) is 1. The summed E-state index contributed by atoms with van der Waals surface area (Å²) in [5.41, 5.74) is 0. The molecule has 3 atom stereocenters. The number of carbonyl (C=O) groups is 2. The summed E-state index contributed by atoms with van der Waals surface area (Å²) in [6.45, 7) is 12.1. The monoisotopic (exact) mass is 366 g/mol. The molecule has 2 aliphatic rings. The van der Waals surface area contributed by atoms with E-state index in [0.717, 1.165) is 65.0 Å². The lowest BCUT2D eigenvalue weighted by atomic mass is 9.76. The van der Waals surface area contributed by atoms with Gasteiger partial charge in [0.1, 0.15) is 5.78 Å². The third kappa shape index (κ3) is 5.68. The average Bonchev–Trinajstić information content (AvgIpc) is 2.62. The lowest BCUT2D eigenvalue weighted by Crippen LogP contribution is -2.58. The Balaban J connectivity index is 1.88. The summed E-state index contributed by atoms with van der Waals surface area (Å²) in [4.78, 5) is 31.1. The average molecular weight is 367 g/mol. The van der Waals surface area contributed by atoms with E-state index in [1.54, 1.807) is 4.90 Å². The van der Waals surface area contributed by atoms with Crippen LogP contribution in [0.4, 0.5) is 4.79 Å². The molecular formula is C20H38N4O2. The molecule has 2 fully saturated rings. The zero-order chi connectivity index (χ0) is 19.1. The number of nitrogens with zero attached hydrogens (tertiary/aromatic N) is 3. The van der Waals surface area contributed by atoms with Gasteiger partial charge in [-0.15, -0.1) is 0 Å². The molecule has 0 aromatic carbocycles. The van der Waals surface area contributed by atoms with Gasteiger partial charge in [0.05, 0.1) is 0 Å². The number of rotatable bonds is 8. The van der Waals surface area contributed by atoms with Gasteiger partial charge < -0.3 is 15.1 Å². The molecule has 0 aromatic rings. The van der Waals surface area contributed by atoms with Crippen molar-refractivity contribution in [1.82, 2.24) is 20.0 Å². The predicted octanol–water partition coefficient (Wildman–Crippen LogP) is 2.19. The van der Waals surface area contributed by atoms with Crippen LogP contribution in [-0.2, 0) is 4.79 Å². The Bertz CT molecular complexity index is 467. The Morgan fingerprint density at radius 3 is 2.62 bits per heavy atom. The zero-order valence-electron chi connectivity index (χ0n) is 17.2. The molecule has 6 nitrogen and oxygen atoms in total. The van der Waals surface area contributed by atoms with Crippen molar-refractivity contribution in [1.29, 1.82) is 0 Å². The first-order valence-electron chi connectivity index (χ1n) is 10.5. The van der Waals surface area contributed by atoms with Crippen LogP contribution < -0.4 is 5.32 Å². The smallest absolute Gasteiger partial charge is 0.317 e. The van der Waals surface area contributed by atoms with E-state index in [-0.39, 0.29) is 12.1 Å². The van der Waals surface area contributed by atoms with Crippen molar-refractivity contribution in [3.8, 4) is 0 Å². The maximum absolute atomic E-state index is 12.6. The molecule has 2 rings (SSSR count). The summed E-state index contributed by atoms with van der Waals surface area (Å²) in [7, 11) is 1.87. The Kier molecular flexibility index (Phi) is 8.35. The van der Waals surface area contributed by atoms with E-state index < -0.39 is 0 Å². The van der Waals surface area contributed by atoms with Crippen LogP contribution in [-0.4, -0.2) is 84.9 Å². The molecule has 0 spiro atoms. The van der Waals surface area contributed by atoms with E-state index in [1.807, 2.05) is 7.05 Å². The van der Waals surface area contributed by atoms with Gasteiger partial charge in [0.15, 0.2) is 0 Å². The third-order valence-electron chi connectivity index (χ3n) is 6.10. The molecule has 0 bridgehead atoms. The predicted molar refractivity (Wildman–Crippen MR) is 105 cm³/mol. The van der Waals surface area contributed by atoms with E-state index in [0.29, 0.717) is 24.2 Å². The van der Waals surface area contributed by atoms with Crippen LogP contribution in [0, 0.1) is 5.92 Å². The van der Waals surface area contributed by atoms with Crippen LogP contribution >= 0.6 is 0 Å². The molecule has 0 aromatic heterocycles. The van der Waals surface area contributed by atoms with Gasteiger partial charge in [-0.25, -0.2) is 4.79 Å². The minimum atomic E-state index is 0.0131. The molecule has 1 N–H and O–H groups in total. The Morgan fingerprint density at radius 1 is 1.23 bits per heavy atom. The Hall–Kier alpha value is -1.14. The van der Waals surface area contributed by atoms with Gasteiger partial charge in [-0.1, -0.05) is 20.8 Å². The maximum Gasteiger partial charge on any atom is 0.317 e. The number of hydrogen-bond acceptors (Lipinski definition) is 4. The van der Waals surface area contributed by atoms with Crippen LogP contribution in [0.25, 0.3) is 0 Å². The number of fused-ring (bicyclic) bond motifs is 1. The van der Waals surface area contributed by atoms with Crippen molar-refractivity contribution in [2.75, 3.05) is 46.3 Å². The quantitative estimate of drug-likeness (QED) is 0.715. The number of urea groups is 1. The van der Waals surface area contributed by atoms with E-state index >= 15 is 0 Å². The van der Waals surface area contributed by atoms with Crippen molar-refractivity contribution in [3.63, 3.8) is 0 Å². The maximum atomic E-state index is 12.6.